The molecule has 1 aromatic heterocycles. The molecule has 0 bridgehead atoms. The highest BCUT2D eigenvalue weighted by atomic mass is 35.5. The lowest BCUT2D eigenvalue weighted by Crippen LogP contribution is -2.38. The van der Waals surface area contributed by atoms with Gasteiger partial charge in [0.05, 0.1) is 16.3 Å². The molecule has 0 unspecified atom stereocenters. The van der Waals surface area contributed by atoms with Crippen molar-refractivity contribution in [2.75, 3.05) is 11.9 Å². The number of ether oxygens (including phenoxy) is 1. The van der Waals surface area contributed by atoms with Crippen LogP contribution in [0.2, 0.25) is 5.02 Å². The fourth-order valence-electron chi connectivity index (χ4n) is 5.95. The van der Waals surface area contributed by atoms with Crippen molar-refractivity contribution < 1.29 is 40.7 Å². The second kappa shape index (κ2) is 19.3. The van der Waals surface area contributed by atoms with Gasteiger partial charge in [-0.1, -0.05) is 90.0 Å². The standard InChI is InChI=1S/C25H29ClF3N5O3.C10H20.CHF3/c1-12(35)15-8-14-9-24(2,3)16-7-6-13(10-31-22(36)25(4,5)29)18(26)19(16)32-23(30)34-20(14)33-21(15)37-11-17(27)28;1-3-4-10-7-5-9(2)6-8-10;2-1(3)4/h6-8,17H,9-11H2,1-5H3,(H,31,36)(H3,30,32,33,34);9-10H,3-8H2,1-2H3;1H. The number of amides is 1. The van der Waals surface area contributed by atoms with Crippen LogP contribution in [0.15, 0.2) is 23.2 Å². The quantitative estimate of drug-likeness (QED) is 0.174. The maximum absolute atomic E-state index is 13.9. The minimum absolute atomic E-state index is 0.0218. The predicted molar refractivity (Wildman–Crippen MR) is 189 cm³/mol. The van der Waals surface area contributed by atoms with E-state index in [2.05, 4.69) is 34.5 Å². The van der Waals surface area contributed by atoms with Crippen molar-refractivity contribution in [3.8, 4) is 5.88 Å². The van der Waals surface area contributed by atoms with Crippen LogP contribution in [0, 0.1) is 11.8 Å². The molecule has 1 aliphatic heterocycles. The number of rotatable bonds is 9. The summed E-state index contributed by atoms with van der Waals surface area (Å²) in [6, 6.07) is 5.07. The number of pyridine rings is 1. The first-order valence-electron chi connectivity index (χ1n) is 16.9. The summed E-state index contributed by atoms with van der Waals surface area (Å²) in [6.07, 6.45) is 6.44. The number of benzene rings is 1. The number of ketones is 1. The van der Waals surface area contributed by atoms with E-state index in [-0.39, 0.29) is 34.8 Å². The Morgan fingerprint density at radius 2 is 1.75 bits per heavy atom. The van der Waals surface area contributed by atoms with Crippen molar-refractivity contribution in [2.45, 2.75) is 124 Å². The third kappa shape index (κ3) is 13.8. The molecule has 8 nitrogen and oxygen atoms in total. The largest absolute Gasteiger partial charge is 0.471 e. The first-order valence-corrected chi connectivity index (χ1v) is 17.3. The number of alkyl halides is 6. The number of carbonyl (C=O) groups excluding carboxylic acids is 2. The van der Waals surface area contributed by atoms with E-state index in [1.165, 1.54) is 51.5 Å². The molecule has 1 aromatic carbocycles. The number of nitrogens with two attached hydrogens (primary N) is 1. The summed E-state index contributed by atoms with van der Waals surface area (Å²) in [5, 5.41) is 5.75. The SMILES string of the molecule is CC(=O)c1cc2c(nc1OCC(F)F)N=C(N)Nc1c(ccc(CNC(=O)C(C)(C)F)c1Cl)C(C)(C)C2.CCCC1CCC(C)CC1.FC(F)F. The second-order valence-corrected chi connectivity index (χ2v) is 14.4. The highest BCUT2D eigenvalue weighted by Crippen LogP contribution is 2.42. The molecule has 0 spiro atoms. The smallest absolute Gasteiger partial charge is 0.379 e. The molecule has 2 heterocycles. The Morgan fingerprint density at radius 1 is 1.14 bits per heavy atom. The lowest BCUT2D eigenvalue weighted by molar-refractivity contribution is -0.130. The van der Waals surface area contributed by atoms with Crippen LogP contribution >= 0.6 is 11.6 Å². The molecule has 0 radical (unpaired) electrons. The summed E-state index contributed by atoms with van der Waals surface area (Å²) < 4.78 is 73.5. The number of hydrogen-bond acceptors (Lipinski definition) is 7. The Balaban J connectivity index is 0.000000536. The van der Waals surface area contributed by atoms with E-state index >= 15 is 0 Å². The van der Waals surface area contributed by atoms with E-state index in [1.54, 1.807) is 6.07 Å². The lowest BCUT2D eigenvalue weighted by atomic mass is 9.77. The predicted octanol–water partition coefficient (Wildman–Crippen LogP) is 9.63. The number of Topliss-reactive ketones (excluding diaryl/α,β-unsaturated/α-hetero) is 1. The highest BCUT2D eigenvalue weighted by molar-refractivity contribution is 6.34. The van der Waals surface area contributed by atoms with Crippen LogP contribution < -0.4 is 21.1 Å². The van der Waals surface area contributed by atoms with Gasteiger partial charge in [0, 0.05) is 6.54 Å². The van der Waals surface area contributed by atoms with Gasteiger partial charge in [-0.3, -0.25) is 9.59 Å². The molecular weight excluding hydrogens is 700 g/mol. The Labute approximate surface area is 301 Å². The van der Waals surface area contributed by atoms with Gasteiger partial charge < -0.3 is 21.1 Å². The average Bonchev–Trinajstić information content (AvgIpc) is 3.05. The molecule has 4 N–H and O–H groups in total. The van der Waals surface area contributed by atoms with Gasteiger partial charge in [0.25, 0.3) is 12.3 Å². The van der Waals surface area contributed by atoms with Gasteiger partial charge in [-0.2, -0.15) is 23.1 Å². The van der Waals surface area contributed by atoms with E-state index in [0.717, 1.165) is 31.2 Å². The fourth-order valence-corrected chi connectivity index (χ4v) is 6.23. The van der Waals surface area contributed by atoms with Gasteiger partial charge in [-0.25, -0.2) is 13.2 Å². The molecule has 4 rings (SSSR count). The van der Waals surface area contributed by atoms with Crippen LogP contribution in [-0.2, 0) is 23.2 Å². The van der Waals surface area contributed by atoms with E-state index < -0.39 is 42.5 Å². The van der Waals surface area contributed by atoms with Crippen LogP contribution in [0.3, 0.4) is 0 Å². The molecule has 1 amide bonds. The third-order valence-electron chi connectivity index (χ3n) is 8.64. The van der Waals surface area contributed by atoms with Gasteiger partial charge in [0.1, 0.15) is 0 Å². The zero-order valence-corrected chi connectivity index (χ0v) is 31.0. The summed E-state index contributed by atoms with van der Waals surface area (Å²) in [4.78, 5) is 32.8. The number of aromatic nitrogens is 1. The maximum Gasteiger partial charge on any atom is 0.379 e. The van der Waals surface area contributed by atoms with E-state index in [0.29, 0.717) is 23.2 Å². The second-order valence-electron chi connectivity index (χ2n) is 14.0. The number of fused-ring (bicyclic) bond motifs is 2. The van der Waals surface area contributed by atoms with Crippen LogP contribution in [0.4, 0.5) is 37.8 Å². The summed E-state index contributed by atoms with van der Waals surface area (Å²) in [5.74, 6) is 0.664. The van der Waals surface area contributed by atoms with Gasteiger partial charge in [-0.05, 0) is 67.2 Å². The summed E-state index contributed by atoms with van der Waals surface area (Å²) in [7, 11) is 0. The molecule has 0 saturated heterocycles. The molecular formula is C36H50ClF6N5O3. The van der Waals surface area contributed by atoms with Crippen molar-refractivity contribution in [2.24, 2.45) is 22.6 Å². The number of carbonyl (C=O) groups is 2. The number of anilines is 1. The number of halogens is 7. The first kappa shape index (κ1) is 43.6. The molecule has 1 saturated carbocycles. The van der Waals surface area contributed by atoms with Gasteiger partial charge >= 0.3 is 6.68 Å². The fraction of sp³-hybridized carbons (Fsp3) is 0.611. The van der Waals surface area contributed by atoms with Crippen molar-refractivity contribution in [1.82, 2.24) is 10.3 Å². The molecule has 0 atom stereocenters. The van der Waals surface area contributed by atoms with Crippen molar-refractivity contribution in [3.63, 3.8) is 0 Å². The summed E-state index contributed by atoms with van der Waals surface area (Å²) >= 11 is 6.70. The molecule has 2 aromatic rings. The zero-order valence-electron chi connectivity index (χ0n) is 30.2. The Bertz CT molecular complexity index is 1510. The number of nitrogens with one attached hydrogen (secondary N) is 2. The molecule has 1 fully saturated rings. The maximum atomic E-state index is 13.9. The van der Waals surface area contributed by atoms with Crippen molar-refractivity contribution >= 4 is 40.8 Å². The molecule has 51 heavy (non-hydrogen) atoms. The molecule has 15 heteroatoms. The summed E-state index contributed by atoms with van der Waals surface area (Å²) in [5.41, 5.74) is 5.81. The Morgan fingerprint density at radius 3 is 2.27 bits per heavy atom. The average molecular weight is 750 g/mol. The van der Waals surface area contributed by atoms with Crippen molar-refractivity contribution in [1.29, 1.82) is 0 Å². The number of guanidine groups is 1. The minimum Gasteiger partial charge on any atom is -0.471 e. The van der Waals surface area contributed by atoms with Crippen LogP contribution in [-0.4, -0.2) is 48.0 Å². The van der Waals surface area contributed by atoms with Gasteiger partial charge in [0.2, 0.25) is 5.88 Å². The normalized spacial score (nSPS) is 18.2. The number of aliphatic imine (C=N–C) groups is 1. The third-order valence-corrected chi connectivity index (χ3v) is 9.08. The number of nitrogens with zero attached hydrogens (tertiary/aromatic N) is 2. The Kier molecular flexibility index (Phi) is 16.5. The van der Waals surface area contributed by atoms with E-state index in [9.17, 15) is 35.9 Å². The monoisotopic (exact) mass is 749 g/mol. The Hall–Kier alpha value is -3.55. The van der Waals surface area contributed by atoms with Crippen LogP contribution in [0.5, 0.6) is 5.88 Å². The zero-order chi connectivity index (χ0) is 38.7. The first-order chi connectivity index (χ1) is 23.7. The lowest BCUT2D eigenvalue weighted by Gasteiger charge is -2.29. The molecule has 1 aliphatic carbocycles. The van der Waals surface area contributed by atoms with E-state index in [4.69, 9.17) is 22.1 Å². The van der Waals surface area contributed by atoms with Crippen molar-refractivity contribution in [3.05, 3.63) is 45.5 Å². The molecule has 2 aliphatic rings. The van der Waals surface area contributed by atoms with Crippen LogP contribution in [0.1, 0.15) is 114 Å². The topological polar surface area (TPSA) is 119 Å². The molecule has 286 valence electrons. The minimum atomic E-state index is -3.67. The van der Waals surface area contributed by atoms with Gasteiger partial charge in [-0.15, -0.1) is 0 Å². The van der Waals surface area contributed by atoms with E-state index in [1.807, 2.05) is 19.9 Å². The highest BCUT2D eigenvalue weighted by Gasteiger charge is 2.31. The summed E-state index contributed by atoms with van der Waals surface area (Å²) in [6.45, 7) is 7.55. The van der Waals surface area contributed by atoms with Crippen LogP contribution in [0.25, 0.3) is 0 Å². The number of hydrogen-bond donors (Lipinski definition) is 3. The van der Waals surface area contributed by atoms with Gasteiger partial charge in [0.15, 0.2) is 29.8 Å².